The predicted molar refractivity (Wildman–Crippen MR) is 52.3 cm³/mol. The molecular formula is C10H18N2. The van der Waals surface area contributed by atoms with Crippen LogP contribution in [0.3, 0.4) is 0 Å². The molecule has 1 heterocycles. The molecule has 1 aromatic heterocycles. The van der Waals surface area contributed by atoms with E-state index in [4.69, 9.17) is 0 Å². The average Bonchev–Trinajstić information content (AvgIpc) is 2.46. The molecule has 2 heteroatoms. The van der Waals surface area contributed by atoms with Crippen LogP contribution in [0.1, 0.15) is 19.0 Å². The van der Waals surface area contributed by atoms with Crippen LogP contribution in [-0.4, -0.2) is 17.7 Å². The topological polar surface area (TPSA) is 17.0 Å². The highest BCUT2D eigenvalue weighted by Gasteiger charge is 1.92. The molecule has 0 saturated heterocycles. The molecule has 12 heavy (non-hydrogen) atoms. The minimum Gasteiger partial charge on any atom is -0.350 e. The summed E-state index contributed by atoms with van der Waals surface area (Å²) in [6, 6.07) is 4.23. The lowest BCUT2D eigenvalue weighted by molar-refractivity contribution is 0.588. The first-order valence-corrected chi connectivity index (χ1v) is 4.67. The highest BCUT2D eigenvalue weighted by Crippen LogP contribution is 1.98. The van der Waals surface area contributed by atoms with Crippen molar-refractivity contribution in [2.24, 2.45) is 0 Å². The fourth-order valence-corrected chi connectivity index (χ4v) is 1.25. The van der Waals surface area contributed by atoms with Crippen molar-refractivity contribution < 1.29 is 0 Å². The van der Waals surface area contributed by atoms with Crippen molar-refractivity contribution in [2.45, 2.75) is 26.8 Å². The van der Waals surface area contributed by atoms with Crippen molar-refractivity contribution in [3.8, 4) is 0 Å². The normalized spacial score (nSPS) is 10.5. The van der Waals surface area contributed by atoms with Crippen LogP contribution in [0.5, 0.6) is 0 Å². The SMILES string of the molecule is CCCNCCn1cccc1C. The van der Waals surface area contributed by atoms with Crippen molar-refractivity contribution >= 4 is 0 Å². The fourth-order valence-electron chi connectivity index (χ4n) is 1.25. The van der Waals surface area contributed by atoms with Crippen LogP contribution in [0.15, 0.2) is 18.3 Å². The van der Waals surface area contributed by atoms with Gasteiger partial charge in [0.1, 0.15) is 0 Å². The molecule has 0 saturated carbocycles. The largest absolute Gasteiger partial charge is 0.350 e. The number of aromatic nitrogens is 1. The smallest absolute Gasteiger partial charge is 0.0347 e. The summed E-state index contributed by atoms with van der Waals surface area (Å²) < 4.78 is 2.27. The van der Waals surface area contributed by atoms with E-state index >= 15 is 0 Å². The molecule has 0 fully saturated rings. The Hall–Kier alpha value is -0.760. The van der Waals surface area contributed by atoms with Gasteiger partial charge in [-0.25, -0.2) is 0 Å². The first kappa shape index (κ1) is 9.33. The predicted octanol–water partition coefficient (Wildman–Crippen LogP) is 1.80. The maximum atomic E-state index is 3.38. The van der Waals surface area contributed by atoms with Crippen molar-refractivity contribution in [1.29, 1.82) is 0 Å². The Labute approximate surface area is 74.6 Å². The number of rotatable bonds is 5. The Morgan fingerprint density at radius 2 is 2.25 bits per heavy atom. The minimum atomic E-state index is 1.07. The molecule has 1 rings (SSSR count). The van der Waals surface area contributed by atoms with Crippen LogP contribution in [0.2, 0.25) is 0 Å². The van der Waals surface area contributed by atoms with Gasteiger partial charge in [0.05, 0.1) is 0 Å². The lowest BCUT2D eigenvalue weighted by atomic mass is 10.4. The summed E-state index contributed by atoms with van der Waals surface area (Å²) in [6.07, 6.45) is 3.34. The molecule has 0 bridgehead atoms. The number of aryl methyl sites for hydroxylation is 1. The Morgan fingerprint density at radius 3 is 2.83 bits per heavy atom. The molecule has 0 aliphatic rings. The van der Waals surface area contributed by atoms with Gasteiger partial charge < -0.3 is 9.88 Å². The standard InChI is InChI=1S/C10H18N2/c1-3-6-11-7-9-12-8-4-5-10(12)2/h4-5,8,11H,3,6-7,9H2,1-2H3. The summed E-state index contributed by atoms with van der Waals surface area (Å²) in [5, 5.41) is 3.38. The van der Waals surface area contributed by atoms with Gasteiger partial charge in [0.2, 0.25) is 0 Å². The molecule has 0 spiro atoms. The first-order chi connectivity index (χ1) is 5.84. The lowest BCUT2D eigenvalue weighted by Crippen LogP contribution is -2.20. The minimum absolute atomic E-state index is 1.07. The van der Waals surface area contributed by atoms with E-state index in [1.807, 2.05) is 0 Å². The van der Waals surface area contributed by atoms with E-state index in [1.165, 1.54) is 12.1 Å². The Balaban J connectivity index is 2.20. The van der Waals surface area contributed by atoms with E-state index in [0.29, 0.717) is 0 Å². The van der Waals surface area contributed by atoms with Gasteiger partial charge >= 0.3 is 0 Å². The molecule has 0 aromatic carbocycles. The fraction of sp³-hybridized carbons (Fsp3) is 0.600. The van der Waals surface area contributed by atoms with E-state index in [0.717, 1.165) is 19.6 Å². The number of hydrogen-bond donors (Lipinski definition) is 1. The van der Waals surface area contributed by atoms with Gasteiger partial charge in [-0.1, -0.05) is 6.92 Å². The molecule has 0 unspecified atom stereocenters. The van der Waals surface area contributed by atoms with Crippen LogP contribution >= 0.6 is 0 Å². The third-order valence-electron chi connectivity index (χ3n) is 2.01. The summed E-state index contributed by atoms with van der Waals surface area (Å²) in [5.74, 6) is 0. The van der Waals surface area contributed by atoms with E-state index < -0.39 is 0 Å². The van der Waals surface area contributed by atoms with Gasteiger partial charge in [0.25, 0.3) is 0 Å². The highest BCUT2D eigenvalue weighted by atomic mass is 15.0. The van der Waals surface area contributed by atoms with Gasteiger partial charge in [0, 0.05) is 25.0 Å². The quantitative estimate of drug-likeness (QED) is 0.660. The van der Waals surface area contributed by atoms with E-state index in [9.17, 15) is 0 Å². The van der Waals surface area contributed by atoms with Gasteiger partial charge in [-0.15, -0.1) is 0 Å². The Morgan fingerprint density at radius 1 is 1.42 bits per heavy atom. The molecule has 0 amide bonds. The summed E-state index contributed by atoms with van der Waals surface area (Å²) in [4.78, 5) is 0. The summed E-state index contributed by atoms with van der Waals surface area (Å²) >= 11 is 0. The molecule has 2 nitrogen and oxygen atoms in total. The Bertz CT molecular complexity index is 215. The van der Waals surface area contributed by atoms with Crippen molar-refractivity contribution in [2.75, 3.05) is 13.1 Å². The van der Waals surface area contributed by atoms with Crippen LogP contribution in [-0.2, 0) is 6.54 Å². The van der Waals surface area contributed by atoms with Gasteiger partial charge in [-0.05, 0) is 32.0 Å². The second kappa shape index (κ2) is 4.99. The lowest BCUT2D eigenvalue weighted by Gasteiger charge is -2.06. The summed E-state index contributed by atoms with van der Waals surface area (Å²) in [6.45, 7) is 7.61. The average molecular weight is 166 g/mol. The molecule has 1 N–H and O–H groups in total. The Kier molecular flexibility index (Phi) is 3.88. The van der Waals surface area contributed by atoms with Crippen molar-refractivity contribution in [3.63, 3.8) is 0 Å². The molecule has 1 aromatic rings. The third-order valence-corrected chi connectivity index (χ3v) is 2.01. The van der Waals surface area contributed by atoms with Gasteiger partial charge in [-0.2, -0.15) is 0 Å². The van der Waals surface area contributed by atoms with E-state index in [1.54, 1.807) is 0 Å². The van der Waals surface area contributed by atoms with Crippen LogP contribution in [0, 0.1) is 6.92 Å². The second-order valence-electron chi connectivity index (χ2n) is 3.09. The van der Waals surface area contributed by atoms with Gasteiger partial charge in [-0.3, -0.25) is 0 Å². The molecule has 68 valence electrons. The van der Waals surface area contributed by atoms with Crippen LogP contribution in [0.4, 0.5) is 0 Å². The number of nitrogens with one attached hydrogen (secondary N) is 1. The van der Waals surface area contributed by atoms with Crippen LogP contribution in [0.25, 0.3) is 0 Å². The van der Waals surface area contributed by atoms with E-state index in [2.05, 4.69) is 42.1 Å². The first-order valence-electron chi connectivity index (χ1n) is 4.67. The molecule has 0 radical (unpaired) electrons. The number of hydrogen-bond acceptors (Lipinski definition) is 1. The van der Waals surface area contributed by atoms with E-state index in [-0.39, 0.29) is 0 Å². The number of nitrogens with zero attached hydrogens (tertiary/aromatic N) is 1. The maximum absolute atomic E-state index is 3.38. The second-order valence-corrected chi connectivity index (χ2v) is 3.09. The molecular weight excluding hydrogens is 148 g/mol. The third kappa shape index (κ3) is 2.70. The molecule has 0 aliphatic heterocycles. The zero-order valence-corrected chi connectivity index (χ0v) is 8.01. The molecule has 0 aliphatic carbocycles. The highest BCUT2D eigenvalue weighted by molar-refractivity contribution is 5.04. The summed E-state index contributed by atoms with van der Waals surface area (Å²) in [7, 11) is 0. The monoisotopic (exact) mass is 166 g/mol. The summed E-state index contributed by atoms with van der Waals surface area (Å²) in [5.41, 5.74) is 1.34. The van der Waals surface area contributed by atoms with Crippen molar-refractivity contribution in [3.05, 3.63) is 24.0 Å². The van der Waals surface area contributed by atoms with Crippen LogP contribution < -0.4 is 5.32 Å². The zero-order valence-electron chi connectivity index (χ0n) is 8.01. The molecule has 0 atom stereocenters. The van der Waals surface area contributed by atoms with Gasteiger partial charge in [0.15, 0.2) is 0 Å². The maximum Gasteiger partial charge on any atom is 0.0347 e. The van der Waals surface area contributed by atoms with Crippen molar-refractivity contribution in [1.82, 2.24) is 9.88 Å². The zero-order chi connectivity index (χ0) is 8.81.